The Kier molecular flexibility index (Phi) is 4.79. The number of hydrogen-bond donors (Lipinski definition) is 1. The van der Waals surface area contributed by atoms with Crippen LogP contribution in [-0.2, 0) is 7.05 Å². The Labute approximate surface area is 154 Å². The first-order valence-electron chi connectivity index (χ1n) is 7.42. The number of aromatic nitrogens is 2. The summed E-state index contributed by atoms with van der Waals surface area (Å²) in [7, 11) is 1.72. The molecule has 0 radical (unpaired) electrons. The van der Waals surface area contributed by atoms with Crippen molar-refractivity contribution in [1.29, 1.82) is 0 Å². The molecule has 1 heterocycles. The minimum atomic E-state index is -0.412. The van der Waals surface area contributed by atoms with E-state index in [1.807, 2.05) is 0 Å². The van der Waals surface area contributed by atoms with Crippen molar-refractivity contribution < 1.29 is 9.18 Å². The molecule has 0 saturated carbocycles. The smallest absolute Gasteiger partial charge is 0.276 e. The van der Waals surface area contributed by atoms with E-state index < -0.39 is 5.91 Å². The van der Waals surface area contributed by atoms with Crippen LogP contribution in [0.1, 0.15) is 16.1 Å². The predicted molar refractivity (Wildman–Crippen MR) is 97.8 cm³/mol. The van der Waals surface area contributed by atoms with Crippen LogP contribution in [0.5, 0.6) is 0 Å². The molecule has 2 aromatic carbocycles. The second-order valence-electron chi connectivity index (χ2n) is 5.56. The third-order valence-corrected chi connectivity index (χ3v) is 4.58. The molecule has 128 valence electrons. The summed E-state index contributed by atoms with van der Waals surface area (Å²) in [6.07, 6.45) is 0. The molecule has 0 fully saturated rings. The van der Waals surface area contributed by atoms with Crippen LogP contribution in [0.25, 0.3) is 11.3 Å². The number of benzene rings is 2. The van der Waals surface area contributed by atoms with Crippen LogP contribution in [0.3, 0.4) is 0 Å². The molecule has 0 spiro atoms. The van der Waals surface area contributed by atoms with Gasteiger partial charge >= 0.3 is 0 Å². The highest BCUT2D eigenvalue weighted by atomic mass is 35.5. The van der Waals surface area contributed by atoms with Gasteiger partial charge in [0.25, 0.3) is 5.91 Å². The Bertz CT molecular complexity index is 969. The molecule has 0 aliphatic heterocycles. The van der Waals surface area contributed by atoms with Crippen molar-refractivity contribution in [1.82, 2.24) is 9.78 Å². The summed E-state index contributed by atoms with van der Waals surface area (Å²) in [4.78, 5) is 12.4. The second-order valence-corrected chi connectivity index (χ2v) is 6.34. The Morgan fingerprint density at radius 3 is 2.68 bits per heavy atom. The van der Waals surface area contributed by atoms with Crippen LogP contribution in [0.4, 0.5) is 10.1 Å². The van der Waals surface area contributed by atoms with Gasteiger partial charge in [-0.3, -0.25) is 9.48 Å². The molecule has 3 aromatic rings. The van der Waals surface area contributed by atoms with E-state index in [0.717, 1.165) is 5.56 Å². The molecule has 1 aromatic heterocycles. The van der Waals surface area contributed by atoms with E-state index in [0.29, 0.717) is 22.0 Å². The fraction of sp³-hybridized carbons (Fsp3) is 0.111. The molecular formula is C18H14Cl2FN3O. The third kappa shape index (κ3) is 3.52. The lowest BCUT2D eigenvalue weighted by Gasteiger charge is -2.06. The van der Waals surface area contributed by atoms with Crippen molar-refractivity contribution in [2.24, 2.45) is 7.05 Å². The van der Waals surface area contributed by atoms with Crippen LogP contribution in [0.2, 0.25) is 10.0 Å². The molecule has 0 atom stereocenters. The monoisotopic (exact) mass is 377 g/mol. The molecule has 7 heteroatoms. The van der Waals surface area contributed by atoms with Crippen molar-refractivity contribution in [3.05, 3.63) is 69.6 Å². The van der Waals surface area contributed by atoms with E-state index >= 15 is 0 Å². The van der Waals surface area contributed by atoms with Gasteiger partial charge in [-0.05, 0) is 48.9 Å². The Hall–Kier alpha value is -2.37. The molecule has 3 rings (SSSR count). The fourth-order valence-electron chi connectivity index (χ4n) is 2.44. The number of carbonyl (C=O) groups is 1. The molecule has 1 N–H and O–H groups in total. The first kappa shape index (κ1) is 17.5. The lowest BCUT2D eigenvalue weighted by atomic mass is 10.1. The topological polar surface area (TPSA) is 46.9 Å². The van der Waals surface area contributed by atoms with Gasteiger partial charge in [0.1, 0.15) is 5.82 Å². The maximum atomic E-state index is 13.5. The SMILES string of the molecule is Cc1cc(-c2cc(C(=O)Nc3cccc(Cl)c3Cl)nn2C)ccc1F. The van der Waals surface area contributed by atoms with Gasteiger partial charge in [0, 0.05) is 12.6 Å². The first-order valence-corrected chi connectivity index (χ1v) is 8.18. The Balaban J connectivity index is 1.90. The van der Waals surface area contributed by atoms with Crippen molar-refractivity contribution in [2.75, 3.05) is 5.32 Å². The van der Waals surface area contributed by atoms with Gasteiger partial charge in [-0.25, -0.2) is 4.39 Å². The number of rotatable bonds is 3. The maximum Gasteiger partial charge on any atom is 0.276 e. The van der Waals surface area contributed by atoms with Crippen LogP contribution >= 0.6 is 23.2 Å². The molecule has 0 aliphatic carbocycles. The minimum absolute atomic E-state index is 0.218. The fourth-order valence-corrected chi connectivity index (χ4v) is 2.79. The van der Waals surface area contributed by atoms with E-state index in [1.165, 1.54) is 6.07 Å². The summed E-state index contributed by atoms with van der Waals surface area (Å²) in [5.74, 6) is -0.690. The van der Waals surface area contributed by atoms with Gasteiger partial charge in [0.2, 0.25) is 0 Å². The standard InChI is InChI=1S/C18H14Cl2FN3O/c1-10-8-11(6-7-13(10)21)16-9-15(23-24(16)2)18(25)22-14-5-3-4-12(19)17(14)20/h3-9H,1-2H3,(H,22,25). The van der Waals surface area contributed by atoms with Crippen molar-refractivity contribution in [3.63, 3.8) is 0 Å². The number of amides is 1. The molecule has 4 nitrogen and oxygen atoms in total. The molecule has 0 aliphatic rings. The van der Waals surface area contributed by atoms with E-state index in [9.17, 15) is 9.18 Å². The molecule has 0 saturated heterocycles. The third-order valence-electron chi connectivity index (χ3n) is 3.77. The van der Waals surface area contributed by atoms with Crippen molar-refractivity contribution in [3.8, 4) is 11.3 Å². The minimum Gasteiger partial charge on any atom is -0.319 e. The highest BCUT2D eigenvalue weighted by Gasteiger charge is 2.16. The summed E-state index contributed by atoms with van der Waals surface area (Å²) in [6.45, 7) is 1.68. The summed E-state index contributed by atoms with van der Waals surface area (Å²) >= 11 is 12.0. The van der Waals surface area contributed by atoms with E-state index in [1.54, 1.807) is 55.1 Å². The lowest BCUT2D eigenvalue weighted by molar-refractivity contribution is 0.102. The zero-order valence-corrected chi connectivity index (χ0v) is 15.0. The van der Waals surface area contributed by atoms with Crippen LogP contribution in [-0.4, -0.2) is 15.7 Å². The quantitative estimate of drug-likeness (QED) is 0.690. The van der Waals surface area contributed by atoms with Crippen LogP contribution in [0.15, 0.2) is 42.5 Å². The number of nitrogens with zero attached hydrogens (tertiary/aromatic N) is 2. The predicted octanol–water partition coefficient (Wildman–Crippen LogP) is 5.09. The van der Waals surface area contributed by atoms with Crippen LogP contribution in [0, 0.1) is 12.7 Å². The van der Waals surface area contributed by atoms with E-state index in [4.69, 9.17) is 23.2 Å². The largest absolute Gasteiger partial charge is 0.319 e. The Morgan fingerprint density at radius 2 is 1.96 bits per heavy atom. The number of carbonyl (C=O) groups excluding carboxylic acids is 1. The van der Waals surface area contributed by atoms with Crippen LogP contribution < -0.4 is 5.32 Å². The molecule has 1 amide bonds. The van der Waals surface area contributed by atoms with Gasteiger partial charge < -0.3 is 5.32 Å². The average Bonchev–Trinajstić information content (AvgIpc) is 2.96. The van der Waals surface area contributed by atoms with Crippen molar-refractivity contribution >= 4 is 34.8 Å². The van der Waals surface area contributed by atoms with E-state index in [-0.39, 0.29) is 16.5 Å². The van der Waals surface area contributed by atoms with Gasteiger partial charge in [-0.15, -0.1) is 0 Å². The number of aryl methyl sites for hydroxylation is 2. The van der Waals surface area contributed by atoms with Gasteiger partial charge in [0.15, 0.2) is 5.69 Å². The van der Waals surface area contributed by atoms with Gasteiger partial charge in [0.05, 0.1) is 21.4 Å². The van der Waals surface area contributed by atoms with Gasteiger partial charge in [-0.1, -0.05) is 29.3 Å². The number of hydrogen-bond acceptors (Lipinski definition) is 2. The summed E-state index contributed by atoms with van der Waals surface area (Å²) in [5.41, 5.74) is 2.62. The highest BCUT2D eigenvalue weighted by Crippen LogP contribution is 2.30. The zero-order valence-electron chi connectivity index (χ0n) is 13.5. The first-order chi connectivity index (χ1) is 11.9. The molecular weight excluding hydrogens is 364 g/mol. The van der Waals surface area contributed by atoms with E-state index in [2.05, 4.69) is 10.4 Å². The summed E-state index contributed by atoms with van der Waals surface area (Å²) < 4.78 is 15.0. The number of nitrogens with one attached hydrogen (secondary N) is 1. The number of anilines is 1. The molecule has 0 unspecified atom stereocenters. The summed E-state index contributed by atoms with van der Waals surface area (Å²) in [5, 5.41) is 7.53. The lowest BCUT2D eigenvalue weighted by Crippen LogP contribution is -2.13. The maximum absolute atomic E-state index is 13.5. The molecule has 0 bridgehead atoms. The van der Waals surface area contributed by atoms with Gasteiger partial charge in [-0.2, -0.15) is 5.10 Å². The normalized spacial score (nSPS) is 10.8. The average molecular weight is 378 g/mol. The second kappa shape index (κ2) is 6.86. The highest BCUT2D eigenvalue weighted by molar-refractivity contribution is 6.44. The summed E-state index contributed by atoms with van der Waals surface area (Å²) in [6, 6.07) is 11.4. The molecule has 25 heavy (non-hydrogen) atoms. The Morgan fingerprint density at radius 1 is 1.20 bits per heavy atom. The number of halogens is 3. The zero-order chi connectivity index (χ0) is 18.1. The van der Waals surface area contributed by atoms with Crippen molar-refractivity contribution in [2.45, 2.75) is 6.92 Å².